The van der Waals surface area contributed by atoms with E-state index in [2.05, 4.69) is 26.6 Å². The van der Waals surface area contributed by atoms with Crippen LogP contribution in [0.2, 0.25) is 0 Å². The predicted octanol–water partition coefficient (Wildman–Crippen LogP) is 2.16. The van der Waals surface area contributed by atoms with Gasteiger partial charge in [-0.15, -0.1) is 0 Å². The number of hydrogen-bond donors (Lipinski definition) is 3. The van der Waals surface area contributed by atoms with Crippen LogP contribution in [0.3, 0.4) is 0 Å². The van der Waals surface area contributed by atoms with Gasteiger partial charge in [-0.3, -0.25) is 0 Å². The maximum Gasteiger partial charge on any atom is 0.335 e. The summed E-state index contributed by atoms with van der Waals surface area (Å²) >= 11 is 3.36. The molecule has 0 aliphatic carbocycles. The van der Waals surface area contributed by atoms with Gasteiger partial charge in [0.05, 0.1) is 11.6 Å². The molecule has 94 valence electrons. The maximum atomic E-state index is 11.5. The quantitative estimate of drug-likeness (QED) is 0.783. The molecule has 1 unspecified atom stereocenters. The second kappa shape index (κ2) is 4.81. The van der Waals surface area contributed by atoms with Crippen molar-refractivity contribution < 1.29 is 14.7 Å². The number of carboxylic acids is 1. The molecule has 0 aromatic heterocycles. The topological polar surface area (TPSA) is 78.4 Å². The van der Waals surface area contributed by atoms with E-state index in [1.165, 1.54) is 0 Å². The highest BCUT2D eigenvalue weighted by Crippen LogP contribution is 2.31. The average Bonchev–Trinajstić information content (AvgIpc) is 2.27. The number of benzene rings is 1. The molecule has 0 saturated heterocycles. The normalized spacial score (nSPS) is 19.2. The van der Waals surface area contributed by atoms with E-state index in [4.69, 9.17) is 0 Å². The lowest BCUT2D eigenvalue weighted by Crippen LogP contribution is -2.45. The van der Waals surface area contributed by atoms with Crippen LogP contribution in [0.5, 0.6) is 0 Å². The highest BCUT2D eigenvalue weighted by molar-refractivity contribution is 9.10. The van der Waals surface area contributed by atoms with Crippen molar-refractivity contribution in [2.45, 2.75) is 13.0 Å². The zero-order valence-electron chi connectivity index (χ0n) is 9.53. The van der Waals surface area contributed by atoms with Crippen molar-refractivity contribution in [2.24, 2.45) is 0 Å². The Kier molecular flexibility index (Phi) is 3.38. The lowest BCUT2D eigenvalue weighted by molar-refractivity contribution is -0.133. The van der Waals surface area contributed by atoms with Gasteiger partial charge in [0.25, 0.3) is 0 Å². The third-order valence-corrected chi connectivity index (χ3v) is 3.44. The Labute approximate surface area is 112 Å². The molecule has 2 amide bonds. The molecule has 1 aliphatic rings. The van der Waals surface area contributed by atoms with E-state index >= 15 is 0 Å². The fourth-order valence-electron chi connectivity index (χ4n) is 1.92. The molecule has 18 heavy (non-hydrogen) atoms. The van der Waals surface area contributed by atoms with Crippen LogP contribution >= 0.6 is 15.9 Å². The summed E-state index contributed by atoms with van der Waals surface area (Å²) in [4.78, 5) is 22.8. The summed E-state index contributed by atoms with van der Waals surface area (Å²) < 4.78 is 0.753. The van der Waals surface area contributed by atoms with Gasteiger partial charge >= 0.3 is 12.0 Å². The Hall–Kier alpha value is -1.82. The Balaban J connectivity index is 2.54. The fourth-order valence-corrected chi connectivity index (χ4v) is 2.43. The molecule has 0 radical (unpaired) electrons. The standard InChI is InChI=1S/C12H11BrN2O3/c1-6-9(11(16)17)10(15-12(18)14-6)7-4-2-3-5-8(7)13/h2-5,10H,1H3,(H,16,17)(H2,14,15,18). The third kappa shape index (κ3) is 2.24. The van der Waals surface area contributed by atoms with Crippen LogP contribution in [0.4, 0.5) is 4.79 Å². The Morgan fingerprint density at radius 1 is 1.39 bits per heavy atom. The van der Waals surface area contributed by atoms with Crippen molar-refractivity contribution in [3.8, 4) is 0 Å². The van der Waals surface area contributed by atoms with E-state index in [1.54, 1.807) is 25.1 Å². The Bertz CT molecular complexity index is 554. The van der Waals surface area contributed by atoms with Crippen molar-refractivity contribution in [1.29, 1.82) is 0 Å². The van der Waals surface area contributed by atoms with Crippen LogP contribution in [0.25, 0.3) is 0 Å². The van der Waals surface area contributed by atoms with Gasteiger partial charge in [-0.2, -0.15) is 0 Å². The second-order valence-electron chi connectivity index (χ2n) is 3.90. The van der Waals surface area contributed by atoms with Crippen LogP contribution in [0.15, 0.2) is 40.0 Å². The first kappa shape index (κ1) is 12.6. The molecule has 1 aliphatic heterocycles. The van der Waals surface area contributed by atoms with Gasteiger partial charge in [-0.05, 0) is 18.6 Å². The molecule has 0 fully saturated rings. The number of allylic oxidation sites excluding steroid dienone is 1. The lowest BCUT2D eigenvalue weighted by Gasteiger charge is -2.27. The number of aliphatic carboxylic acids is 1. The number of halogens is 1. The van der Waals surface area contributed by atoms with Crippen LogP contribution in [-0.4, -0.2) is 17.1 Å². The first-order chi connectivity index (χ1) is 8.50. The highest BCUT2D eigenvalue weighted by atomic mass is 79.9. The first-order valence-corrected chi connectivity index (χ1v) is 6.06. The first-order valence-electron chi connectivity index (χ1n) is 5.26. The SMILES string of the molecule is CC1=C(C(=O)O)C(c2ccccc2Br)NC(=O)N1. The minimum atomic E-state index is -1.05. The summed E-state index contributed by atoms with van der Waals surface area (Å²) in [6, 6.07) is 6.14. The van der Waals surface area contributed by atoms with Crippen molar-refractivity contribution in [1.82, 2.24) is 10.6 Å². The van der Waals surface area contributed by atoms with E-state index < -0.39 is 18.0 Å². The van der Waals surface area contributed by atoms with Gasteiger partial charge in [0.1, 0.15) is 0 Å². The van der Waals surface area contributed by atoms with Gasteiger partial charge in [-0.25, -0.2) is 9.59 Å². The predicted molar refractivity (Wildman–Crippen MR) is 68.9 cm³/mol. The molecule has 0 spiro atoms. The summed E-state index contributed by atoms with van der Waals surface area (Å²) in [6.45, 7) is 1.58. The largest absolute Gasteiger partial charge is 0.478 e. The van der Waals surface area contributed by atoms with E-state index in [9.17, 15) is 14.7 Å². The number of carboxylic acid groups (broad SMARTS) is 1. The lowest BCUT2D eigenvalue weighted by atomic mass is 9.96. The van der Waals surface area contributed by atoms with Gasteiger partial charge in [0.15, 0.2) is 0 Å². The van der Waals surface area contributed by atoms with Crippen molar-refractivity contribution in [2.75, 3.05) is 0 Å². The minimum absolute atomic E-state index is 0.140. The van der Waals surface area contributed by atoms with Crippen molar-refractivity contribution >= 4 is 27.9 Å². The molecule has 0 saturated carbocycles. The second-order valence-corrected chi connectivity index (χ2v) is 4.75. The Morgan fingerprint density at radius 2 is 2.06 bits per heavy atom. The monoisotopic (exact) mass is 310 g/mol. The number of rotatable bonds is 2. The molecule has 6 heteroatoms. The molecule has 1 aromatic carbocycles. The van der Waals surface area contributed by atoms with Crippen molar-refractivity contribution in [3.05, 3.63) is 45.6 Å². The molecule has 1 heterocycles. The zero-order chi connectivity index (χ0) is 13.3. The van der Waals surface area contributed by atoms with Gasteiger partial charge in [0, 0.05) is 10.2 Å². The van der Waals surface area contributed by atoms with E-state index in [1.807, 2.05) is 6.07 Å². The molecule has 1 atom stereocenters. The summed E-state index contributed by atoms with van der Waals surface area (Å²) in [6.07, 6.45) is 0. The van der Waals surface area contributed by atoms with Crippen molar-refractivity contribution in [3.63, 3.8) is 0 Å². The van der Waals surface area contributed by atoms with Gasteiger partial charge < -0.3 is 15.7 Å². The number of carbonyl (C=O) groups is 2. The van der Waals surface area contributed by atoms with E-state index in [0.29, 0.717) is 11.3 Å². The summed E-state index contributed by atoms with van der Waals surface area (Å²) in [5, 5.41) is 14.3. The van der Waals surface area contributed by atoms with Crippen LogP contribution < -0.4 is 10.6 Å². The molecule has 0 bridgehead atoms. The molecule has 3 N–H and O–H groups in total. The number of amides is 2. The van der Waals surface area contributed by atoms with Crippen LogP contribution in [0, 0.1) is 0 Å². The maximum absolute atomic E-state index is 11.5. The number of urea groups is 1. The summed E-state index contributed by atoms with van der Waals surface area (Å²) in [5.41, 5.74) is 1.21. The van der Waals surface area contributed by atoms with E-state index in [0.717, 1.165) is 4.47 Å². The van der Waals surface area contributed by atoms with E-state index in [-0.39, 0.29) is 5.57 Å². The minimum Gasteiger partial charge on any atom is -0.478 e. The zero-order valence-corrected chi connectivity index (χ0v) is 11.1. The third-order valence-electron chi connectivity index (χ3n) is 2.72. The highest BCUT2D eigenvalue weighted by Gasteiger charge is 2.31. The number of carbonyl (C=O) groups excluding carboxylic acids is 1. The molecule has 5 nitrogen and oxygen atoms in total. The molecular formula is C12H11BrN2O3. The smallest absolute Gasteiger partial charge is 0.335 e. The number of nitrogens with one attached hydrogen (secondary N) is 2. The molecule has 2 rings (SSSR count). The summed E-state index contributed by atoms with van der Waals surface area (Å²) in [5.74, 6) is -1.05. The van der Waals surface area contributed by atoms with Crippen LogP contribution in [0.1, 0.15) is 18.5 Å². The average molecular weight is 311 g/mol. The van der Waals surface area contributed by atoms with Gasteiger partial charge in [0.2, 0.25) is 0 Å². The number of hydrogen-bond acceptors (Lipinski definition) is 2. The molecular weight excluding hydrogens is 300 g/mol. The summed E-state index contributed by atoms with van der Waals surface area (Å²) in [7, 11) is 0. The van der Waals surface area contributed by atoms with Gasteiger partial charge in [-0.1, -0.05) is 34.1 Å². The Morgan fingerprint density at radius 3 is 2.67 bits per heavy atom. The molecule has 1 aromatic rings. The fraction of sp³-hybridized carbons (Fsp3) is 0.167. The van der Waals surface area contributed by atoms with Crippen LogP contribution in [-0.2, 0) is 4.79 Å².